The van der Waals surface area contributed by atoms with Crippen molar-refractivity contribution in [1.29, 1.82) is 0 Å². The molecule has 0 radical (unpaired) electrons. The van der Waals surface area contributed by atoms with Crippen molar-refractivity contribution in [3.05, 3.63) is 41.5 Å². The Morgan fingerprint density at radius 3 is 2.79 bits per heavy atom. The Morgan fingerprint density at radius 1 is 1.26 bits per heavy atom. The molecule has 0 fully saturated rings. The van der Waals surface area contributed by atoms with Gasteiger partial charge in [0.2, 0.25) is 0 Å². The molecule has 0 bridgehead atoms. The SMILES string of the molecule is CC1=CC(C)CC(C(O)C2Cc3ccccc3N2)C1. The molecule has 3 rings (SSSR count). The van der Waals surface area contributed by atoms with Gasteiger partial charge in [-0.3, -0.25) is 0 Å². The number of rotatable bonds is 2. The van der Waals surface area contributed by atoms with Crippen LogP contribution in [0.3, 0.4) is 0 Å². The summed E-state index contributed by atoms with van der Waals surface area (Å²) < 4.78 is 0. The van der Waals surface area contributed by atoms with Gasteiger partial charge < -0.3 is 10.4 Å². The summed E-state index contributed by atoms with van der Waals surface area (Å²) in [7, 11) is 0. The Balaban J connectivity index is 1.70. The molecule has 4 unspecified atom stereocenters. The molecule has 0 spiro atoms. The molecule has 4 atom stereocenters. The average molecular weight is 257 g/mol. The van der Waals surface area contributed by atoms with Gasteiger partial charge in [-0.05, 0) is 49.7 Å². The first-order valence-electron chi connectivity index (χ1n) is 7.33. The molecule has 19 heavy (non-hydrogen) atoms. The minimum Gasteiger partial charge on any atom is -0.391 e. The highest BCUT2D eigenvalue weighted by Gasteiger charge is 2.33. The van der Waals surface area contributed by atoms with Crippen LogP contribution in [0.5, 0.6) is 0 Å². The van der Waals surface area contributed by atoms with E-state index in [0.29, 0.717) is 11.8 Å². The molecule has 1 aromatic carbocycles. The number of fused-ring (bicyclic) bond motifs is 1. The van der Waals surface area contributed by atoms with Crippen LogP contribution in [0.25, 0.3) is 0 Å². The van der Waals surface area contributed by atoms with E-state index in [2.05, 4.69) is 49.5 Å². The van der Waals surface area contributed by atoms with Gasteiger partial charge in [0.1, 0.15) is 0 Å². The minimum atomic E-state index is -0.251. The maximum Gasteiger partial charge on any atom is 0.0775 e. The van der Waals surface area contributed by atoms with Crippen LogP contribution in [0.4, 0.5) is 5.69 Å². The largest absolute Gasteiger partial charge is 0.391 e. The van der Waals surface area contributed by atoms with Crippen LogP contribution in [-0.2, 0) is 6.42 Å². The van der Waals surface area contributed by atoms with E-state index in [1.54, 1.807) is 0 Å². The predicted octanol–water partition coefficient (Wildman–Crippen LogP) is 3.38. The highest BCUT2D eigenvalue weighted by Crippen LogP contribution is 2.35. The normalized spacial score (nSPS) is 31.3. The Morgan fingerprint density at radius 2 is 2.05 bits per heavy atom. The number of benzene rings is 1. The fourth-order valence-electron chi connectivity index (χ4n) is 3.72. The third kappa shape index (κ3) is 2.55. The van der Waals surface area contributed by atoms with Crippen LogP contribution in [0.2, 0.25) is 0 Å². The molecule has 0 amide bonds. The molecule has 2 heteroatoms. The number of aliphatic hydroxyl groups is 1. The Hall–Kier alpha value is -1.28. The summed E-state index contributed by atoms with van der Waals surface area (Å²) in [5.41, 5.74) is 3.96. The van der Waals surface area contributed by atoms with E-state index in [9.17, 15) is 5.11 Å². The molecule has 0 aromatic heterocycles. The van der Waals surface area contributed by atoms with Gasteiger partial charge in [0, 0.05) is 5.69 Å². The van der Waals surface area contributed by atoms with Crippen LogP contribution in [0.15, 0.2) is 35.9 Å². The average Bonchev–Trinajstić information content (AvgIpc) is 2.80. The van der Waals surface area contributed by atoms with E-state index in [4.69, 9.17) is 0 Å². The fourth-order valence-corrected chi connectivity index (χ4v) is 3.72. The molecule has 0 saturated heterocycles. The molecule has 1 aliphatic heterocycles. The summed E-state index contributed by atoms with van der Waals surface area (Å²) in [6.07, 6.45) is 5.19. The summed E-state index contributed by atoms with van der Waals surface area (Å²) in [4.78, 5) is 0. The second kappa shape index (κ2) is 5.01. The summed E-state index contributed by atoms with van der Waals surface area (Å²) in [6.45, 7) is 4.44. The van der Waals surface area contributed by atoms with Crippen molar-refractivity contribution in [3.63, 3.8) is 0 Å². The zero-order valence-corrected chi connectivity index (χ0v) is 11.8. The monoisotopic (exact) mass is 257 g/mol. The van der Waals surface area contributed by atoms with Crippen LogP contribution < -0.4 is 5.32 Å². The minimum absolute atomic E-state index is 0.181. The lowest BCUT2D eigenvalue weighted by Gasteiger charge is -2.32. The smallest absolute Gasteiger partial charge is 0.0775 e. The maximum atomic E-state index is 10.7. The molecule has 2 nitrogen and oxygen atoms in total. The number of hydrogen-bond acceptors (Lipinski definition) is 2. The van der Waals surface area contributed by atoms with Crippen LogP contribution in [0, 0.1) is 11.8 Å². The summed E-state index contributed by atoms with van der Waals surface area (Å²) in [6, 6.07) is 8.57. The molecule has 1 aliphatic carbocycles. The molecule has 102 valence electrons. The zero-order valence-electron chi connectivity index (χ0n) is 11.8. The first-order chi connectivity index (χ1) is 9.13. The van der Waals surface area contributed by atoms with Crippen molar-refractivity contribution in [3.8, 4) is 0 Å². The van der Waals surface area contributed by atoms with Gasteiger partial charge in [-0.15, -0.1) is 0 Å². The third-order valence-electron chi connectivity index (χ3n) is 4.52. The van der Waals surface area contributed by atoms with E-state index in [-0.39, 0.29) is 12.1 Å². The van der Waals surface area contributed by atoms with Gasteiger partial charge >= 0.3 is 0 Å². The molecule has 0 saturated carbocycles. The lowest BCUT2D eigenvalue weighted by Crippen LogP contribution is -2.39. The van der Waals surface area contributed by atoms with E-state index in [1.807, 2.05) is 0 Å². The predicted molar refractivity (Wildman–Crippen MR) is 79.2 cm³/mol. The maximum absolute atomic E-state index is 10.7. The first-order valence-corrected chi connectivity index (χ1v) is 7.33. The highest BCUT2D eigenvalue weighted by atomic mass is 16.3. The number of anilines is 1. The lowest BCUT2D eigenvalue weighted by atomic mass is 9.78. The molecule has 1 heterocycles. The van der Waals surface area contributed by atoms with E-state index >= 15 is 0 Å². The number of nitrogens with one attached hydrogen (secondary N) is 1. The van der Waals surface area contributed by atoms with E-state index in [1.165, 1.54) is 16.8 Å². The molecule has 2 aliphatic rings. The number of aliphatic hydroxyl groups excluding tert-OH is 1. The van der Waals surface area contributed by atoms with Gasteiger partial charge in [0.25, 0.3) is 0 Å². The summed E-state index contributed by atoms with van der Waals surface area (Å²) in [5.74, 6) is 0.990. The van der Waals surface area contributed by atoms with Gasteiger partial charge in [-0.25, -0.2) is 0 Å². The number of hydrogen-bond donors (Lipinski definition) is 2. The standard InChI is InChI=1S/C17H23NO/c1-11-7-12(2)9-14(8-11)17(19)16-10-13-5-3-4-6-15(13)18-16/h3-7,11,14,16-19H,8-10H2,1-2H3. The van der Waals surface area contributed by atoms with Crippen LogP contribution in [-0.4, -0.2) is 17.3 Å². The highest BCUT2D eigenvalue weighted by molar-refractivity contribution is 5.56. The van der Waals surface area contributed by atoms with Crippen molar-refractivity contribution >= 4 is 5.69 Å². The van der Waals surface area contributed by atoms with E-state index in [0.717, 1.165) is 19.3 Å². The van der Waals surface area contributed by atoms with Crippen molar-refractivity contribution in [2.24, 2.45) is 11.8 Å². The Kier molecular flexibility index (Phi) is 3.36. The summed E-state index contributed by atoms with van der Waals surface area (Å²) >= 11 is 0. The second-order valence-electron chi connectivity index (χ2n) is 6.29. The van der Waals surface area contributed by atoms with Gasteiger partial charge in [0.15, 0.2) is 0 Å². The van der Waals surface area contributed by atoms with Gasteiger partial charge in [-0.1, -0.05) is 36.8 Å². The van der Waals surface area contributed by atoms with Gasteiger partial charge in [-0.2, -0.15) is 0 Å². The topological polar surface area (TPSA) is 32.3 Å². The van der Waals surface area contributed by atoms with Crippen molar-refractivity contribution in [2.45, 2.75) is 45.3 Å². The van der Waals surface area contributed by atoms with Crippen LogP contribution in [0.1, 0.15) is 32.3 Å². The first kappa shape index (κ1) is 12.7. The second-order valence-corrected chi connectivity index (χ2v) is 6.29. The number of allylic oxidation sites excluding steroid dienone is 2. The fraction of sp³-hybridized carbons (Fsp3) is 0.529. The number of para-hydroxylation sites is 1. The summed E-state index contributed by atoms with van der Waals surface area (Å²) in [5, 5.41) is 14.2. The van der Waals surface area contributed by atoms with Crippen molar-refractivity contribution < 1.29 is 5.11 Å². The van der Waals surface area contributed by atoms with Crippen molar-refractivity contribution in [2.75, 3.05) is 5.32 Å². The zero-order chi connectivity index (χ0) is 13.4. The quantitative estimate of drug-likeness (QED) is 0.796. The molecular weight excluding hydrogens is 234 g/mol. The molecule has 1 aromatic rings. The Bertz CT molecular complexity index is 469. The third-order valence-corrected chi connectivity index (χ3v) is 4.52. The van der Waals surface area contributed by atoms with E-state index < -0.39 is 0 Å². The lowest BCUT2D eigenvalue weighted by molar-refractivity contribution is 0.0770. The van der Waals surface area contributed by atoms with Gasteiger partial charge in [0.05, 0.1) is 12.1 Å². The van der Waals surface area contributed by atoms with Crippen LogP contribution >= 0.6 is 0 Å². The molecule has 2 N–H and O–H groups in total. The van der Waals surface area contributed by atoms with Crippen molar-refractivity contribution in [1.82, 2.24) is 0 Å². The Labute approximate surface area is 115 Å². The molecular formula is C17H23NO.